The molecule has 0 bridgehead atoms. The Bertz CT molecular complexity index is 1240. The number of rotatable bonds is 9. The molecule has 3 aromatic rings. The number of hydrogen-bond donors (Lipinski definition) is 2. The van der Waals surface area contributed by atoms with E-state index in [1.54, 1.807) is 24.3 Å². The number of nitrogens with zero attached hydrogens (tertiary/aromatic N) is 6. The van der Waals surface area contributed by atoms with Crippen LogP contribution in [0.3, 0.4) is 0 Å². The van der Waals surface area contributed by atoms with E-state index in [9.17, 15) is 14.4 Å². The summed E-state index contributed by atoms with van der Waals surface area (Å²) < 4.78 is 8.57. The summed E-state index contributed by atoms with van der Waals surface area (Å²) in [5.74, 6) is 0.0447. The maximum absolute atomic E-state index is 13.4. The standard InChI is InChI=1S/C22H28N8O4/c1-2-3-11-28-20(23)19(21(32)25-22(28)33)30(15-7-4-5-8-15)18(31)13-34-17-10-6-9-16(12-17)29-14-24-26-27-29/h6,9-10,12,14-15H,2-5,7-8,11,13,23H2,1H3,(H,25,32,33). The third-order valence-electron chi connectivity index (χ3n) is 5.94. The molecule has 0 unspecified atom stereocenters. The summed E-state index contributed by atoms with van der Waals surface area (Å²) in [6.45, 7) is 2.05. The maximum Gasteiger partial charge on any atom is 0.330 e. The minimum atomic E-state index is -0.670. The molecule has 0 aliphatic heterocycles. The second kappa shape index (κ2) is 10.3. The Balaban J connectivity index is 1.61. The Labute approximate surface area is 195 Å². The van der Waals surface area contributed by atoms with E-state index in [1.165, 1.54) is 20.5 Å². The van der Waals surface area contributed by atoms with E-state index in [0.29, 0.717) is 24.4 Å². The van der Waals surface area contributed by atoms with Crippen LogP contribution in [0.5, 0.6) is 5.75 Å². The minimum Gasteiger partial charge on any atom is -0.484 e. The van der Waals surface area contributed by atoms with Gasteiger partial charge in [0.05, 0.1) is 5.69 Å². The Morgan fingerprint density at radius 2 is 2.09 bits per heavy atom. The molecule has 1 amide bonds. The monoisotopic (exact) mass is 468 g/mol. The third kappa shape index (κ3) is 4.85. The first-order valence-corrected chi connectivity index (χ1v) is 11.4. The Kier molecular flexibility index (Phi) is 7.04. The molecule has 180 valence electrons. The highest BCUT2D eigenvalue weighted by Crippen LogP contribution is 2.29. The fraction of sp³-hybridized carbons (Fsp3) is 0.455. The van der Waals surface area contributed by atoms with Crippen LogP contribution in [0.2, 0.25) is 0 Å². The fourth-order valence-corrected chi connectivity index (χ4v) is 4.23. The van der Waals surface area contributed by atoms with Crippen molar-refractivity contribution in [3.05, 3.63) is 51.4 Å². The van der Waals surface area contributed by atoms with E-state index in [1.807, 2.05) is 6.92 Å². The smallest absolute Gasteiger partial charge is 0.330 e. The third-order valence-corrected chi connectivity index (χ3v) is 5.94. The van der Waals surface area contributed by atoms with Crippen LogP contribution in [0.1, 0.15) is 45.4 Å². The zero-order chi connectivity index (χ0) is 24.1. The Hall–Kier alpha value is -3.96. The number of H-pyrrole nitrogens is 1. The number of amides is 1. The lowest BCUT2D eigenvalue weighted by Gasteiger charge is -2.29. The molecule has 3 N–H and O–H groups in total. The minimum absolute atomic E-state index is 0.00290. The van der Waals surface area contributed by atoms with Crippen molar-refractivity contribution in [3.8, 4) is 11.4 Å². The van der Waals surface area contributed by atoms with Gasteiger partial charge in [-0.15, -0.1) is 5.10 Å². The summed E-state index contributed by atoms with van der Waals surface area (Å²) in [7, 11) is 0. The van der Waals surface area contributed by atoms with E-state index in [4.69, 9.17) is 10.5 Å². The number of nitrogens with two attached hydrogens (primary N) is 1. The predicted molar refractivity (Wildman–Crippen MR) is 125 cm³/mol. The van der Waals surface area contributed by atoms with E-state index in [0.717, 1.165) is 32.1 Å². The lowest BCUT2D eigenvalue weighted by molar-refractivity contribution is -0.121. The number of ether oxygens (including phenoxy) is 1. The van der Waals surface area contributed by atoms with Gasteiger partial charge in [-0.3, -0.25) is 24.0 Å². The highest BCUT2D eigenvalue weighted by molar-refractivity contribution is 5.97. The van der Waals surface area contributed by atoms with Crippen LogP contribution < -0.4 is 26.6 Å². The van der Waals surface area contributed by atoms with Crippen molar-refractivity contribution in [2.75, 3.05) is 17.2 Å². The maximum atomic E-state index is 13.4. The number of nitrogen functional groups attached to an aromatic ring is 1. The van der Waals surface area contributed by atoms with Crippen LogP contribution >= 0.6 is 0 Å². The van der Waals surface area contributed by atoms with E-state index in [2.05, 4.69) is 20.5 Å². The highest BCUT2D eigenvalue weighted by Gasteiger charge is 2.32. The number of carbonyl (C=O) groups excluding carboxylic acids is 1. The van der Waals surface area contributed by atoms with Crippen LogP contribution in [-0.2, 0) is 11.3 Å². The van der Waals surface area contributed by atoms with Crippen molar-refractivity contribution in [2.45, 2.75) is 58.0 Å². The highest BCUT2D eigenvalue weighted by atomic mass is 16.5. The van der Waals surface area contributed by atoms with Crippen molar-refractivity contribution in [1.82, 2.24) is 29.8 Å². The molecule has 1 aliphatic rings. The summed E-state index contributed by atoms with van der Waals surface area (Å²) in [5.41, 5.74) is 5.74. The van der Waals surface area contributed by atoms with E-state index < -0.39 is 17.2 Å². The lowest BCUT2D eigenvalue weighted by atomic mass is 10.2. The molecule has 0 spiro atoms. The van der Waals surface area contributed by atoms with Gasteiger partial charge < -0.3 is 10.5 Å². The lowest BCUT2D eigenvalue weighted by Crippen LogP contribution is -2.47. The molecular formula is C22H28N8O4. The quantitative estimate of drug-likeness (QED) is 0.475. The van der Waals surface area contributed by atoms with Crippen molar-refractivity contribution >= 4 is 17.4 Å². The average Bonchev–Trinajstić information content (AvgIpc) is 3.55. The Morgan fingerprint density at radius 3 is 2.79 bits per heavy atom. The zero-order valence-corrected chi connectivity index (χ0v) is 19.0. The molecule has 1 aliphatic carbocycles. The Morgan fingerprint density at radius 1 is 1.29 bits per heavy atom. The van der Waals surface area contributed by atoms with Crippen molar-refractivity contribution in [3.63, 3.8) is 0 Å². The van der Waals surface area contributed by atoms with E-state index in [-0.39, 0.29) is 24.2 Å². The van der Waals surface area contributed by atoms with Crippen LogP contribution in [0.15, 0.2) is 40.2 Å². The van der Waals surface area contributed by atoms with Gasteiger partial charge in [-0.1, -0.05) is 32.3 Å². The number of benzene rings is 1. The van der Waals surface area contributed by atoms with Gasteiger partial charge in [0.25, 0.3) is 11.5 Å². The molecule has 0 saturated heterocycles. The molecule has 12 heteroatoms. The van der Waals surface area contributed by atoms with Gasteiger partial charge >= 0.3 is 5.69 Å². The van der Waals surface area contributed by atoms with Crippen molar-refractivity contribution in [2.24, 2.45) is 0 Å². The number of unbranched alkanes of at least 4 members (excludes halogenated alkanes) is 1. The van der Waals surface area contributed by atoms with Gasteiger partial charge in [0.2, 0.25) is 0 Å². The van der Waals surface area contributed by atoms with Gasteiger partial charge in [0.15, 0.2) is 12.3 Å². The number of aromatic amines is 1. The summed E-state index contributed by atoms with van der Waals surface area (Å²) >= 11 is 0. The average molecular weight is 469 g/mol. The van der Waals surface area contributed by atoms with Crippen LogP contribution in [0, 0.1) is 0 Å². The molecule has 0 atom stereocenters. The number of aromatic nitrogens is 6. The number of hydrogen-bond acceptors (Lipinski definition) is 8. The molecule has 2 heterocycles. The molecule has 4 rings (SSSR count). The summed E-state index contributed by atoms with van der Waals surface area (Å²) in [6, 6.07) is 6.79. The fourth-order valence-electron chi connectivity index (χ4n) is 4.23. The molecule has 1 aromatic carbocycles. The van der Waals surface area contributed by atoms with Crippen LogP contribution in [0.25, 0.3) is 5.69 Å². The van der Waals surface area contributed by atoms with Gasteiger partial charge in [0, 0.05) is 18.7 Å². The summed E-state index contributed by atoms with van der Waals surface area (Å²) in [4.78, 5) is 42.3. The number of tetrazole rings is 1. The molecule has 2 aromatic heterocycles. The summed E-state index contributed by atoms with van der Waals surface area (Å²) in [6.07, 6.45) is 6.39. The molecule has 34 heavy (non-hydrogen) atoms. The SMILES string of the molecule is CCCCn1c(N)c(N(C(=O)COc2cccc(-n3cnnn3)c2)C2CCCC2)c(=O)[nH]c1=O. The molecular weight excluding hydrogens is 440 g/mol. The second-order valence-electron chi connectivity index (χ2n) is 8.24. The van der Waals surface area contributed by atoms with Crippen LogP contribution in [-0.4, -0.2) is 48.3 Å². The molecule has 12 nitrogen and oxygen atoms in total. The first kappa shape index (κ1) is 23.2. The second-order valence-corrected chi connectivity index (χ2v) is 8.24. The van der Waals surface area contributed by atoms with Gasteiger partial charge in [0.1, 0.15) is 17.9 Å². The molecule has 1 fully saturated rings. The number of carbonyl (C=O) groups is 1. The van der Waals surface area contributed by atoms with E-state index >= 15 is 0 Å². The first-order valence-electron chi connectivity index (χ1n) is 11.4. The van der Waals surface area contributed by atoms with Gasteiger partial charge in [-0.05, 0) is 41.8 Å². The number of anilines is 2. The predicted octanol–water partition coefficient (Wildman–Crippen LogP) is 1.25. The van der Waals surface area contributed by atoms with Gasteiger partial charge in [-0.25, -0.2) is 9.48 Å². The molecule has 0 radical (unpaired) electrons. The normalized spacial score (nSPS) is 13.8. The topological polar surface area (TPSA) is 154 Å². The van der Waals surface area contributed by atoms with Crippen molar-refractivity contribution in [1.29, 1.82) is 0 Å². The molecule has 1 saturated carbocycles. The first-order chi connectivity index (χ1) is 16.5. The van der Waals surface area contributed by atoms with Crippen LogP contribution in [0.4, 0.5) is 11.5 Å². The van der Waals surface area contributed by atoms with Gasteiger partial charge in [-0.2, -0.15) is 0 Å². The summed E-state index contributed by atoms with van der Waals surface area (Å²) in [5, 5.41) is 11.1. The number of nitrogens with one attached hydrogen (secondary N) is 1. The zero-order valence-electron chi connectivity index (χ0n) is 19.0. The van der Waals surface area contributed by atoms with Crippen molar-refractivity contribution < 1.29 is 9.53 Å². The largest absolute Gasteiger partial charge is 0.484 e.